The van der Waals surface area contributed by atoms with E-state index in [2.05, 4.69) is 4.99 Å². The van der Waals surface area contributed by atoms with Crippen LogP contribution in [-0.2, 0) is 9.53 Å². The molecule has 0 heterocycles. The van der Waals surface area contributed by atoms with Gasteiger partial charge in [0.1, 0.15) is 5.76 Å². The molecule has 2 rings (SSSR count). The summed E-state index contributed by atoms with van der Waals surface area (Å²) in [5.74, 6) is 1.01. The SMILES string of the molecule is COC1=CC=CC(N=CC2=C(O)CCCC2=O)C1. The number of carbonyl (C=O) groups excluding carboxylic acids is 1. The molecule has 1 N–H and O–H groups in total. The number of aliphatic imine (C=N–C) groups is 1. The molecular formula is C14H17NO3. The number of aliphatic hydroxyl groups is 1. The van der Waals surface area contributed by atoms with E-state index in [1.165, 1.54) is 6.21 Å². The van der Waals surface area contributed by atoms with E-state index in [1.54, 1.807) is 7.11 Å². The number of allylic oxidation sites excluding steroid dienone is 4. The van der Waals surface area contributed by atoms with Crippen molar-refractivity contribution in [3.63, 3.8) is 0 Å². The lowest BCUT2D eigenvalue weighted by Crippen LogP contribution is -2.14. The van der Waals surface area contributed by atoms with Crippen LogP contribution in [0, 0.1) is 0 Å². The summed E-state index contributed by atoms with van der Waals surface area (Å²) in [6.45, 7) is 0. The molecule has 0 aliphatic heterocycles. The average Bonchev–Trinajstić information content (AvgIpc) is 2.38. The summed E-state index contributed by atoms with van der Waals surface area (Å²) in [7, 11) is 1.63. The maximum Gasteiger partial charge on any atom is 0.167 e. The van der Waals surface area contributed by atoms with Gasteiger partial charge < -0.3 is 9.84 Å². The molecule has 0 bridgehead atoms. The minimum Gasteiger partial charge on any atom is -0.512 e. The molecule has 0 aromatic carbocycles. The van der Waals surface area contributed by atoms with Crippen LogP contribution < -0.4 is 0 Å². The Morgan fingerprint density at radius 3 is 3.06 bits per heavy atom. The Morgan fingerprint density at radius 2 is 2.33 bits per heavy atom. The van der Waals surface area contributed by atoms with Crippen molar-refractivity contribution < 1.29 is 14.6 Å². The molecule has 0 aromatic rings. The molecule has 4 heteroatoms. The number of hydrogen-bond acceptors (Lipinski definition) is 4. The third-order valence-corrected chi connectivity index (χ3v) is 3.11. The molecule has 0 spiro atoms. The molecule has 1 atom stereocenters. The number of methoxy groups -OCH3 is 1. The fourth-order valence-corrected chi connectivity index (χ4v) is 2.05. The van der Waals surface area contributed by atoms with E-state index in [0.29, 0.717) is 24.8 Å². The van der Waals surface area contributed by atoms with Crippen molar-refractivity contribution in [2.24, 2.45) is 4.99 Å². The van der Waals surface area contributed by atoms with E-state index >= 15 is 0 Å². The zero-order chi connectivity index (χ0) is 13.0. The first-order valence-corrected chi connectivity index (χ1v) is 6.10. The smallest absolute Gasteiger partial charge is 0.167 e. The normalized spacial score (nSPS) is 24.6. The van der Waals surface area contributed by atoms with Gasteiger partial charge >= 0.3 is 0 Å². The first kappa shape index (κ1) is 12.6. The largest absolute Gasteiger partial charge is 0.512 e. The van der Waals surface area contributed by atoms with Crippen LogP contribution >= 0.6 is 0 Å². The van der Waals surface area contributed by atoms with Crippen molar-refractivity contribution >= 4 is 12.0 Å². The molecule has 0 amide bonds. The van der Waals surface area contributed by atoms with Gasteiger partial charge in [-0.25, -0.2) is 0 Å². The number of hydrogen-bond donors (Lipinski definition) is 1. The summed E-state index contributed by atoms with van der Waals surface area (Å²) >= 11 is 0. The molecule has 0 saturated carbocycles. The molecule has 0 saturated heterocycles. The van der Waals surface area contributed by atoms with Crippen molar-refractivity contribution in [3.05, 3.63) is 35.3 Å². The number of Topliss-reactive ketones (excluding diaryl/α,β-unsaturated/α-hetero) is 1. The fourth-order valence-electron chi connectivity index (χ4n) is 2.05. The second-order valence-corrected chi connectivity index (χ2v) is 4.41. The van der Waals surface area contributed by atoms with E-state index in [0.717, 1.165) is 12.2 Å². The summed E-state index contributed by atoms with van der Waals surface area (Å²) in [4.78, 5) is 16.0. The van der Waals surface area contributed by atoms with E-state index in [-0.39, 0.29) is 17.6 Å². The van der Waals surface area contributed by atoms with Crippen molar-refractivity contribution in [3.8, 4) is 0 Å². The Kier molecular flexibility index (Phi) is 3.97. The number of rotatable bonds is 3. The maximum absolute atomic E-state index is 11.6. The number of aliphatic hydroxyl groups excluding tert-OH is 1. The molecule has 1 unspecified atom stereocenters. The van der Waals surface area contributed by atoms with Crippen LogP contribution in [0.2, 0.25) is 0 Å². The molecule has 0 aromatic heterocycles. The van der Waals surface area contributed by atoms with Gasteiger partial charge in [0.25, 0.3) is 0 Å². The highest BCUT2D eigenvalue weighted by atomic mass is 16.5. The van der Waals surface area contributed by atoms with Gasteiger partial charge in [0.2, 0.25) is 0 Å². The van der Waals surface area contributed by atoms with E-state index < -0.39 is 0 Å². The Labute approximate surface area is 106 Å². The first-order chi connectivity index (χ1) is 8.70. The molecule has 96 valence electrons. The standard InChI is InChI=1S/C14H17NO3/c1-18-11-5-2-4-10(8-11)15-9-12-13(16)6-3-7-14(12)17/h2,4-5,9-10,16H,3,6-8H2,1H3. The lowest BCUT2D eigenvalue weighted by atomic mass is 9.97. The number of carbonyl (C=O) groups is 1. The first-order valence-electron chi connectivity index (χ1n) is 6.10. The second kappa shape index (κ2) is 5.67. The van der Waals surface area contributed by atoms with Gasteiger partial charge in [-0.15, -0.1) is 0 Å². The Morgan fingerprint density at radius 1 is 1.50 bits per heavy atom. The second-order valence-electron chi connectivity index (χ2n) is 4.41. The summed E-state index contributed by atoms with van der Waals surface area (Å²) in [5, 5.41) is 9.68. The van der Waals surface area contributed by atoms with Gasteiger partial charge in [0.05, 0.1) is 24.5 Å². The van der Waals surface area contributed by atoms with Crippen molar-refractivity contribution in [1.82, 2.24) is 0 Å². The summed E-state index contributed by atoms with van der Waals surface area (Å²) in [6.07, 6.45) is 9.71. The van der Waals surface area contributed by atoms with Crippen LogP contribution in [0.15, 0.2) is 40.3 Å². The molecular weight excluding hydrogens is 230 g/mol. The molecule has 18 heavy (non-hydrogen) atoms. The molecule has 2 aliphatic carbocycles. The summed E-state index contributed by atoms with van der Waals surface area (Å²) in [5.41, 5.74) is 0.364. The van der Waals surface area contributed by atoms with Gasteiger partial charge in [0.15, 0.2) is 5.78 Å². The minimum absolute atomic E-state index is 0.0233. The lowest BCUT2D eigenvalue weighted by molar-refractivity contribution is -0.115. The third kappa shape index (κ3) is 2.88. The van der Waals surface area contributed by atoms with Gasteiger partial charge in [-0.05, 0) is 12.5 Å². The fraction of sp³-hybridized carbons (Fsp3) is 0.429. The highest BCUT2D eigenvalue weighted by Gasteiger charge is 2.19. The van der Waals surface area contributed by atoms with Crippen LogP contribution in [-0.4, -0.2) is 30.3 Å². The monoisotopic (exact) mass is 247 g/mol. The predicted molar refractivity (Wildman–Crippen MR) is 69.6 cm³/mol. The quantitative estimate of drug-likeness (QED) is 0.779. The van der Waals surface area contributed by atoms with Gasteiger partial charge in [-0.3, -0.25) is 9.79 Å². The Hall–Kier alpha value is -1.84. The molecule has 0 radical (unpaired) electrons. The van der Waals surface area contributed by atoms with Crippen LogP contribution in [0.5, 0.6) is 0 Å². The third-order valence-electron chi connectivity index (χ3n) is 3.11. The van der Waals surface area contributed by atoms with E-state index in [1.807, 2.05) is 18.2 Å². The minimum atomic E-state index is -0.0278. The van der Waals surface area contributed by atoms with Crippen molar-refractivity contribution in [2.75, 3.05) is 7.11 Å². The predicted octanol–water partition coefficient (Wildman–Crippen LogP) is 2.48. The number of ether oxygens (including phenoxy) is 1. The maximum atomic E-state index is 11.6. The van der Waals surface area contributed by atoms with Crippen LogP contribution in [0.25, 0.3) is 0 Å². The molecule has 2 aliphatic rings. The molecule has 4 nitrogen and oxygen atoms in total. The van der Waals surface area contributed by atoms with Gasteiger partial charge in [0, 0.05) is 25.5 Å². The van der Waals surface area contributed by atoms with E-state index in [4.69, 9.17) is 4.74 Å². The average molecular weight is 247 g/mol. The van der Waals surface area contributed by atoms with Crippen LogP contribution in [0.1, 0.15) is 25.7 Å². The highest BCUT2D eigenvalue weighted by molar-refractivity contribution is 6.14. The summed E-state index contributed by atoms with van der Waals surface area (Å²) < 4.78 is 5.16. The van der Waals surface area contributed by atoms with Crippen LogP contribution in [0.4, 0.5) is 0 Å². The Bertz CT molecular complexity index is 458. The number of nitrogens with zero attached hydrogens (tertiary/aromatic N) is 1. The number of ketones is 1. The van der Waals surface area contributed by atoms with Crippen molar-refractivity contribution in [1.29, 1.82) is 0 Å². The lowest BCUT2D eigenvalue weighted by Gasteiger charge is -2.15. The zero-order valence-corrected chi connectivity index (χ0v) is 10.4. The Balaban J connectivity index is 2.06. The van der Waals surface area contributed by atoms with Crippen molar-refractivity contribution in [2.45, 2.75) is 31.7 Å². The van der Waals surface area contributed by atoms with E-state index in [9.17, 15) is 9.90 Å². The highest BCUT2D eigenvalue weighted by Crippen LogP contribution is 2.20. The van der Waals surface area contributed by atoms with Gasteiger partial charge in [-0.1, -0.05) is 12.2 Å². The zero-order valence-electron chi connectivity index (χ0n) is 10.4. The van der Waals surface area contributed by atoms with Crippen LogP contribution in [0.3, 0.4) is 0 Å². The topological polar surface area (TPSA) is 58.9 Å². The summed E-state index contributed by atoms with van der Waals surface area (Å²) in [6, 6.07) is -0.0278. The van der Waals surface area contributed by atoms with Gasteiger partial charge in [-0.2, -0.15) is 0 Å². The molecule has 0 fully saturated rings.